The van der Waals surface area contributed by atoms with Gasteiger partial charge in [-0.25, -0.2) is 0 Å². The summed E-state index contributed by atoms with van der Waals surface area (Å²) in [5, 5.41) is 50.1. The van der Waals surface area contributed by atoms with Gasteiger partial charge in [-0.05, 0) is 86.6 Å². The van der Waals surface area contributed by atoms with Crippen LogP contribution < -0.4 is 53.6 Å². The second-order valence-corrected chi connectivity index (χ2v) is 19.0. The number of nitrogens with two attached hydrogens (primary N) is 1. The number of carbonyl (C=O) groups excluding carboxylic acids is 8. The Morgan fingerprint density at radius 1 is 0.560 bits per heavy atom. The Morgan fingerprint density at radius 2 is 1.01 bits per heavy atom. The number of primary amides is 1. The molecule has 0 fully saturated rings. The van der Waals surface area contributed by atoms with E-state index in [4.69, 9.17) is 35.1 Å². The zero-order valence-corrected chi connectivity index (χ0v) is 45.5. The van der Waals surface area contributed by atoms with Crippen molar-refractivity contribution < 1.29 is 67.7 Å². The lowest BCUT2D eigenvalue weighted by atomic mass is 9.93. The fourth-order valence-corrected chi connectivity index (χ4v) is 6.95. The molecule has 0 saturated heterocycles. The first kappa shape index (κ1) is 69.6. The van der Waals surface area contributed by atoms with Crippen molar-refractivity contribution in [2.75, 3.05) is 106 Å². The predicted octanol–water partition coefficient (Wildman–Crippen LogP) is -0.875. The number of carbonyl (C=O) groups is 8. The number of hydrogen-bond donors (Lipinski definition) is 12. The van der Waals surface area contributed by atoms with Gasteiger partial charge >= 0.3 is 0 Å². The van der Waals surface area contributed by atoms with E-state index in [9.17, 15) is 38.4 Å². The average molecular weight is 1070 g/mol. The molecular formula is C49H92N12O14. The van der Waals surface area contributed by atoms with Crippen molar-refractivity contribution in [2.45, 2.75) is 141 Å². The molecule has 2 atom stereocenters. The molecule has 0 aliphatic rings. The van der Waals surface area contributed by atoms with Crippen LogP contribution in [0.1, 0.15) is 118 Å². The Bertz CT molecular complexity index is 1680. The molecule has 0 aliphatic heterocycles. The van der Waals surface area contributed by atoms with Crippen LogP contribution in [-0.4, -0.2) is 199 Å². The third kappa shape index (κ3) is 41.5. The van der Waals surface area contributed by atoms with Crippen LogP contribution in [0.25, 0.3) is 0 Å². The number of hydrogen-bond acceptors (Lipinski definition) is 19. The number of rotatable bonds is 49. The highest BCUT2D eigenvalue weighted by molar-refractivity contribution is 5.87. The number of nitrogens with zero attached hydrogens (tertiary/aromatic N) is 2. The highest BCUT2D eigenvalue weighted by Crippen LogP contribution is 2.16. The van der Waals surface area contributed by atoms with Gasteiger partial charge in [0.1, 0.15) is 19.0 Å². The molecule has 13 N–H and O–H groups in total. The standard InChI is InChI=1S/C49H92N12O14/c1-7-52-47(69)37(30-39(62)15-12-19-43(65)61-38(31-57-48(2,3)35-59-70)32-58-49(4,5)36-60-71)14-8-10-20-53-41(63)17-13-18-42(64)55-22-24-72-26-29-75-34-45(67)56-23-25-73-27-28-74-33-44(66)54-21-11-9-16-40(51-6)46(50)68/h35-38,40,51,57-58,70-71H,7-34H2,1-6H3,(H2,50,68)(H,52,69)(H,53,63)(H,54,66)(H,55,64)(H,56,67)(H,61,65)/b59-35-,60-36-/t37-,40+/m1/s1. The number of ketones is 1. The summed E-state index contributed by atoms with van der Waals surface area (Å²) < 4.78 is 21.4. The van der Waals surface area contributed by atoms with Crippen molar-refractivity contribution in [3.8, 4) is 0 Å². The first-order chi connectivity index (χ1) is 35.8. The Kier molecular flexibility index (Phi) is 40.7. The quantitative estimate of drug-likeness (QED) is 0.0152. The van der Waals surface area contributed by atoms with Gasteiger partial charge in [0.25, 0.3) is 0 Å². The minimum Gasteiger partial charge on any atom is -0.411 e. The molecule has 75 heavy (non-hydrogen) atoms. The highest BCUT2D eigenvalue weighted by Gasteiger charge is 2.24. The molecule has 0 aromatic carbocycles. The van der Waals surface area contributed by atoms with Crippen molar-refractivity contribution in [2.24, 2.45) is 22.0 Å². The van der Waals surface area contributed by atoms with Crippen molar-refractivity contribution in [3.63, 3.8) is 0 Å². The van der Waals surface area contributed by atoms with Gasteiger partial charge in [-0.3, -0.25) is 38.4 Å². The van der Waals surface area contributed by atoms with Gasteiger partial charge in [-0.2, -0.15) is 0 Å². The molecule has 0 rings (SSSR count). The summed E-state index contributed by atoms with van der Waals surface area (Å²) in [5.74, 6) is -2.53. The van der Waals surface area contributed by atoms with Crippen LogP contribution in [0.3, 0.4) is 0 Å². The summed E-state index contributed by atoms with van der Waals surface area (Å²) in [6.07, 6.45) is 7.59. The van der Waals surface area contributed by atoms with E-state index in [-0.39, 0.29) is 145 Å². The number of oxime groups is 2. The van der Waals surface area contributed by atoms with Gasteiger partial charge in [0, 0.05) is 83.8 Å². The first-order valence-electron chi connectivity index (χ1n) is 26.1. The van der Waals surface area contributed by atoms with Crippen molar-refractivity contribution in [3.05, 3.63) is 0 Å². The van der Waals surface area contributed by atoms with Gasteiger partial charge in [-0.1, -0.05) is 6.42 Å². The number of ether oxygens (including phenoxy) is 4. The largest absolute Gasteiger partial charge is 0.411 e. The Morgan fingerprint density at radius 3 is 1.51 bits per heavy atom. The molecule has 7 amide bonds. The lowest BCUT2D eigenvalue weighted by Gasteiger charge is -2.29. The molecule has 0 unspecified atom stereocenters. The molecule has 0 aromatic rings. The minimum atomic E-state index is -0.657. The van der Waals surface area contributed by atoms with E-state index in [1.807, 2.05) is 27.7 Å². The fraction of sp³-hybridized carbons (Fsp3) is 0.796. The lowest BCUT2D eigenvalue weighted by Crippen LogP contribution is -2.55. The Balaban J connectivity index is 4.13. The maximum atomic E-state index is 13.0. The van der Waals surface area contributed by atoms with Crippen LogP contribution in [-0.2, 0) is 57.3 Å². The Hall–Kier alpha value is -5.38. The summed E-state index contributed by atoms with van der Waals surface area (Å²) in [6, 6.07) is -0.775. The van der Waals surface area contributed by atoms with Crippen LogP contribution in [0.2, 0.25) is 0 Å². The van der Waals surface area contributed by atoms with Gasteiger partial charge in [0.05, 0.1) is 75.2 Å². The van der Waals surface area contributed by atoms with E-state index in [2.05, 4.69) is 58.2 Å². The van der Waals surface area contributed by atoms with Crippen molar-refractivity contribution >= 4 is 59.6 Å². The molecule has 0 heterocycles. The summed E-state index contributed by atoms with van der Waals surface area (Å²) in [6.45, 7) is 12.6. The highest BCUT2D eigenvalue weighted by atomic mass is 16.5. The van der Waals surface area contributed by atoms with Crippen LogP contribution in [0.5, 0.6) is 0 Å². The van der Waals surface area contributed by atoms with Crippen LogP contribution in [0, 0.1) is 5.92 Å². The lowest BCUT2D eigenvalue weighted by molar-refractivity contribution is -0.130. The zero-order valence-electron chi connectivity index (χ0n) is 45.5. The summed E-state index contributed by atoms with van der Waals surface area (Å²) in [5.41, 5.74) is 3.96. The second-order valence-electron chi connectivity index (χ2n) is 19.0. The van der Waals surface area contributed by atoms with E-state index in [0.717, 1.165) is 6.42 Å². The third-order valence-corrected chi connectivity index (χ3v) is 11.2. The monoisotopic (exact) mass is 1070 g/mol. The van der Waals surface area contributed by atoms with Gasteiger partial charge in [-0.15, -0.1) is 10.3 Å². The van der Waals surface area contributed by atoms with E-state index in [1.54, 1.807) is 14.0 Å². The first-order valence-corrected chi connectivity index (χ1v) is 26.1. The summed E-state index contributed by atoms with van der Waals surface area (Å²) in [7, 11) is 1.67. The molecule has 0 spiro atoms. The molecule has 26 heteroatoms. The number of nitrogens with one attached hydrogen (secondary N) is 9. The minimum absolute atomic E-state index is 0.0382. The number of likely N-dealkylation sites (N-methyl/N-ethyl adjacent to an activating group) is 1. The van der Waals surface area contributed by atoms with Gasteiger partial charge in [0.15, 0.2) is 0 Å². The van der Waals surface area contributed by atoms with Crippen LogP contribution in [0.4, 0.5) is 0 Å². The summed E-state index contributed by atoms with van der Waals surface area (Å²) >= 11 is 0. The molecular weight excluding hydrogens is 981 g/mol. The molecule has 432 valence electrons. The number of unbranched alkanes of at least 4 members (excludes halogenated alkanes) is 2. The topological polar surface area (TPSA) is 373 Å². The van der Waals surface area contributed by atoms with E-state index in [1.165, 1.54) is 12.4 Å². The molecule has 0 bridgehead atoms. The normalized spacial score (nSPS) is 12.6. The van der Waals surface area contributed by atoms with Gasteiger partial charge < -0.3 is 82.9 Å². The predicted molar refractivity (Wildman–Crippen MR) is 281 cm³/mol. The molecule has 0 aliphatic carbocycles. The van der Waals surface area contributed by atoms with Gasteiger partial charge in [0.2, 0.25) is 41.4 Å². The third-order valence-electron chi connectivity index (χ3n) is 11.2. The average Bonchev–Trinajstić information content (AvgIpc) is 3.34. The fourth-order valence-electron chi connectivity index (χ4n) is 6.95. The van der Waals surface area contributed by atoms with Crippen molar-refractivity contribution in [1.82, 2.24) is 47.9 Å². The zero-order chi connectivity index (χ0) is 56.2. The van der Waals surface area contributed by atoms with E-state index >= 15 is 0 Å². The maximum Gasteiger partial charge on any atom is 0.246 e. The molecule has 26 nitrogen and oxygen atoms in total. The van der Waals surface area contributed by atoms with E-state index < -0.39 is 28.9 Å². The SMILES string of the molecule is CCNC(=O)[C@H](CCCCNC(=O)CCCC(=O)NCCOCCOCC(=O)NCCOCCOCC(=O)NCCCC[C@H](NC)C(N)=O)CC(=O)CCCC(=O)NC(CNC(C)(C)/C=N\O)CNC(C)(C)/C=N\O. The Labute approximate surface area is 443 Å². The maximum absolute atomic E-state index is 13.0. The second kappa shape index (κ2) is 43.8. The smallest absolute Gasteiger partial charge is 0.246 e. The number of Topliss-reactive ketones (excluding diaryl/α,β-unsaturated/α-hetero) is 1. The van der Waals surface area contributed by atoms with Crippen LogP contribution >= 0.6 is 0 Å². The molecule has 0 aromatic heterocycles. The van der Waals surface area contributed by atoms with Crippen molar-refractivity contribution in [1.29, 1.82) is 0 Å². The van der Waals surface area contributed by atoms with Crippen LogP contribution in [0.15, 0.2) is 10.3 Å². The summed E-state index contributed by atoms with van der Waals surface area (Å²) in [4.78, 5) is 98.3. The van der Waals surface area contributed by atoms with E-state index in [0.29, 0.717) is 77.7 Å². The number of amides is 7. The molecule has 0 saturated carbocycles. The molecule has 0 radical (unpaired) electrons.